The molecule has 4 heteroatoms. The van der Waals surface area contributed by atoms with Gasteiger partial charge in [-0.25, -0.2) is 0 Å². The highest BCUT2D eigenvalue weighted by Crippen LogP contribution is 2.27. The molecule has 0 saturated heterocycles. The topological polar surface area (TPSA) is 72.5 Å². The van der Waals surface area contributed by atoms with Crippen molar-refractivity contribution < 1.29 is 14.6 Å². The van der Waals surface area contributed by atoms with E-state index in [1.807, 2.05) is 24.3 Å². The molecule has 0 bridgehead atoms. The summed E-state index contributed by atoms with van der Waals surface area (Å²) in [5.41, 5.74) is 6.67. The molecule has 0 aromatic heterocycles. The highest BCUT2D eigenvalue weighted by Gasteiger charge is 2.16. The van der Waals surface area contributed by atoms with Crippen LogP contribution in [0.3, 0.4) is 0 Å². The normalized spacial score (nSPS) is 12.3. The molecule has 3 N–H and O–H groups in total. The van der Waals surface area contributed by atoms with Crippen molar-refractivity contribution in [1.29, 1.82) is 0 Å². The summed E-state index contributed by atoms with van der Waals surface area (Å²) in [5, 5.41) is 11.4. The number of carbonyl (C=O) groups excluding carboxylic acids is 1. The van der Waals surface area contributed by atoms with E-state index in [4.69, 9.17) is 5.73 Å². The van der Waals surface area contributed by atoms with Gasteiger partial charge in [-0.3, -0.25) is 4.79 Å². The van der Waals surface area contributed by atoms with Crippen molar-refractivity contribution in [3.8, 4) is 5.75 Å². The lowest BCUT2D eigenvalue weighted by molar-refractivity contribution is -0.142. The lowest BCUT2D eigenvalue weighted by Crippen LogP contribution is -2.33. The second-order valence-electron chi connectivity index (χ2n) is 4.12. The molecule has 1 atom stereocenters. The smallest absolute Gasteiger partial charge is 0.322 e. The minimum atomic E-state index is -0.692. The van der Waals surface area contributed by atoms with Gasteiger partial charge in [0.1, 0.15) is 11.8 Å². The fourth-order valence-electron chi connectivity index (χ4n) is 2.00. The Bertz CT molecular complexity index is 580. The van der Waals surface area contributed by atoms with Crippen LogP contribution in [0.1, 0.15) is 5.56 Å². The van der Waals surface area contributed by atoms with Gasteiger partial charge in [0, 0.05) is 5.39 Å². The zero-order valence-corrected chi connectivity index (χ0v) is 10.1. The Morgan fingerprint density at radius 2 is 1.94 bits per heavy atom. The van der Waals surface area contributed by atoms with Crippen molar-refractivity contribution in [2.24, 2.45) is 5.73 Å². The molecule has 0 aliphatic rings. The summed E-state index contributed by atoms with van der Waals surface area (Å²) in [6.45, 7) is 0. The van der Waals surface area contributed by atoms with Gasteiger partial charge in [0.15, 0.2) is 0 Å². The van der Waals surface area contributed by atoms with E-state index < -0.39 is 12.0 Å². The number of fused-ring (bicyclic) bond motifs is 1. The first-order chi connectivity index (χ1) is 8.63. The first-order valence-corrected chi connectivity index (χ1v) is 5.66. The molecule has 0 spiro atoms. The molecule has 18 heavy (non-hydrogen) atoms. The van der Waals surface area contributed by atoms with Gasteiger partial charge in [0.25, 0.3) is 0 Å². The van der Waals surface area contributed by atoms with Crippen LogP contribution in [-0.4, -0.2) is 24.2 Å². The largest absolute Gasteiger partial charge is 0.507 e. The third-order valence-corrected chi connectivity index (χ3v) is 2.94. The van der Waals surface area contributed by atoms with Crippen LogP contribution in [0.25, 0.3) is 10.8 Å². The number of carbonyl (C=O) groups is 1. The van der Waals surface area contributed by atoms with Gasteiger partial charge in [-0.15, -0.1) is 0 Å². The SMILES string of the molecule is COC(=O)[C@H](N)Cc1ccc(O)c2ccccc12. The molecule has 0 aliphatic heterocycles. The van der Waals surface area contributed by atoms with E-state index in [0.29, 0.717) is 6.42 Å². The summed E-state index contributed by atoms with van der Waals surface area (Å²) < 4.78 is 4.61. The average Bonchev–Trinajstić information content (AvgIpc) is 2.41. The fraction of sp³-hybridized carbons (Fsp3) is 0.214. The summed E-state index contributed by atoms with van der Waals surface area (Å²) in [5.74, 6) is -0.215. The van der Waals surface area contributed by atoms with E-state index in [2.05, 4.69) is 4.74 Å². The van der Waals surface area contributed by atoms with Gasteiger partial charge in [0.05, 0.1) is 7.11 Å². The quantitative estimate of drug-likeness (QED) is 0.805. The number of nitrogens with two attached hydrogens (primary N) is 1. The van der Waals surface area contributed by atoms with E-state index in [1.165, 1.54) is 7.11 Å². The molecule has 0 saturated carbocycles. The summed E-state index contributed by atoms with van der Waals surface area (Å²) in [4.78, 5) is 11.3. The molecule has 0 unspecified atom stereocenters. The number of ether oxygens (including phenoxy) is 1. The van der Waals surface area contributed by atoms with Gasteiger partial charge < -0.3 is 15.6 Å². The number of aromatic hydroxyl groups is 1. The number of phenols is 1. The summed E-state index contributed by atoms with van der Waals surface area (Å²) >= 11 is 0. The molecule has 0 amide bonds. The van der Waals surface area contributed by atoms with E-state index in [-0.39, 0.29) is 5.75 Å². The molecular formula is C14H15NO3. The van der Waals surface area contributed by atoms with Crippen LogP contribution < -0.4 is 5.73 Å². The number of methoxy groups -OCH3 is 1. The number of benzene rings is 2. The van der Waals surface area contributed by atoms with Gasteiger partial charge in [-0.05, 0) is 23.4 Å². The van der Waals surface area contributed by atoms with Crippen LogP contribution >= 0.6 is 0 Å². The molecule has 0 heterocycles. The minimum Gasteiger partial charge on any atom is -0.507 e. The molecule has 2 aromatic carbocycles. The predicted molar refractivity (Wildman–Crippen MR) is 69.3 cm³/mol. The first-order valence-electron chi connectivity index (χ1n) is 5.66. The predicted octanol–water partition coefficient (Wildman–Crippen LogP) is 1.59. The van der Waals surface area contributed by atoms with Crippen molar-refractivity contribution in [1.82, 2.24) is 0 Å². The van der Waals surface area contributed by atoms with E-state index in [1.54, 1.807) is 12.1 Å². The summed E-state index contributed by atoms with van der Waals surface area (Å²) in [7, 11) is 1.32. The third-order valence-electron chi connectivity index (χ3n) is 2.94. The van der Waals surface area contributed by atoms with Gasteiger partial charge in [0.2, 0.25) is 0 Å². The molecule has 94 valence electrons. The zero-order chi connectivity index (χ0) is 13.1. The van der Waals surface area contributed by atoms with Crippen molar-refractivity contribution >= 4 is 16.7 Å². The van der Waals surface area contributed by atoms with Crippen molar-refractivity contribution in [3.63, 3.8) is 0 Å². The van der Waals surface area contributed by atoms with Crippen LogP contribution in [0.15, 0.2) is 36.4 Å². The van der Waals surface area contributed by atoms with Gasteiger partial charge in [-0.2, -0.15) is 0 Å². The summed E-state index contributed by atoms with van der Waals surface area (Å²) in [6.07, 6.45) is 0.382. The standard InChI is InChI=1S/C14H15NO3/c1-18-14(17)12(15)8-9-6-7-13(16)11-5-3-2-4-10(9)11/h2-7,12,16H,8,15H2,1H3/t12-/m1/s1. The van der Waals surface area contributed by atoms with E-state index >= 15 is 0 Å². The Labute approximate surface area is 105 Å². The number of esters is 1. The maximum Gasteiger partial charge on any atom is 0.322 e. The second kappa shape index (κ2) is 5.06. The minimum absolute atomic E-state index is 0.223. The molecule has 0 aliphatic carbocycles. The maximum atomic E-state index is 11.3. The number of phenolic OH excluding ortho intramolecular Hbond substituents is 1. The lowest BCUT2D eigenvalue weighted by atomic mass is 9.98. The monoisotopic (exact) mass is 245 g/mol. The highest BCUT2D eigenvalue weighted by molar-refractivity contribution is 5.91. The molecule has 0 fully saturated rings. The van der Waals surface area contributed by atoms with Crippen LogP contribution in [0.4, 0.5) is 0 Å². The Kier molecular flexibility index (Phi) is 3.48. The average molecular weight is 245 g/mol. The van der Waals surface area contributed by atoms with Crippen LogP contribution in [0.5, 0.6) is 5.75 Å². The van der Waals surface area contributed by atoms with Crippen molar-refractivity contribution in [2.75, 3.05) is 7.11 Å². The van der Waals surface area contributed by atoms with Crippen molar-refractivity contribution in [3.05, 3.63) is 42.0 Å². The molecule has 4 nitrogen and oxygen atoms in total. The molecule has 2 aromatic rings. The number of rotatable bonds is 3. The summed E-state index contributed by atoms with van der Waals surface area (Å²) in [6, 6.07) is 10.2. The highest BCUT2D eigenvalue weighted by atomic mass is 16.5. The fourth-order valence-corrected chi connectivity index (χ4v) is 2.00. The molecular weight excluding hydrogens is 230 g/mol. The maximum absolute atomic E-state index is 11.3. The van der Waals surface area contributed by atoms with Crippen molar-refractivity contribution in [2.45, 2.75) is 12.5 Å². The van der Waals surface area contributed by atoms with E-state index in [9.17, 15) is 9.90 Å². The first kappa shape index (κ1) is 12.4. The van der Waals surface area contributed by atoms with Crippen LogP contribution in [0.2, 0.25) is 0 Å². The van der Waals surface area contributed by atoms with Crippen LogP contribution in [-0.2, 0) is 16.0 Å². The Morgan fingerprint density at radius 1 is 1.28 bits per heavy atom. The Hall–Kier alpha value is -2.07. The molecule has 0 radical (unpaired) electrons. The zero-order valence-electron chi connectivity index (χ0n) is 10.1. The Morgan fingerprint density at radius 3 is 2.61 bits per heavy atom. The second-order valence-corrected chi connectivity index (χ2v) is 4.12. The van der Waals surface area contributed by atoms with E-state index in [0.717, 1.165) is 16.3 Å². The number of hydrogen-bond acceptors (Lipinski definition) is 4. The van der Waals surface area contributed by atoms with Gasteiger partial charge in [-0.1, -0.05) is 30.3 Å². The Balaban J connectivity index is 2.40. The van der Waals surface area contributed by atoms with Crippen LogP contribution in [0, 0.1) is 0 Å². The lowest BCUT2D eigenvalue weighted by Gasteiger charge is -2.12. The third kappa shape index (κ3) is 2.28. The number of hydrogen-bond donors (Lipinski definition) is 2. The van der Waals surface area contributed by atoms with Gasteiger partial charge >= 0.3 is 5.97 Å². The molecule has 2 rings (SSSR count).